The third kappa shape index (κ3) is 3.33. The lowest BCUT2D eigenvalue weighted by Gasteiger charge is -2.07. The van der Waals surface area contributed by atoms with Crippen LogP contribution in [-0.2, 0) is 4.79 Å². The van der Waals surface area contributed by atoms with E-state index in [1.54, 1.807) is 25.1 Å². The van der Waals surface area contributed by atoms with Crippen LogP contribution in [0.3, 0.4) is 0 Å². The fourth-order valence-corrected chi connectivity index (χ4v) is 2.88. The maximum Gasteiger partial charge on any atom is 0.255 e. The Bertz CT molecular complexity index is 873. The number of hydrogen-bond acceptors (Lipinski definition) is 4. The Balaban J connectivity index is 1.92. The fourth-order valence-electron chi connectivity index (χ4n) is 2.46. The van der Waals surface area contributed by atoms with Gasteiger partial charge in [-0.2, -0.15) is 0 Å². The van der Waals surface area contributed by atoms with Crippen molar-refractivity contribution in [1.82, 2.24) is 0 Å². The highest BCUT2D eigenvalue weighted by atomic mass is 79.9. The molecule has 2 aromatic rings. The molecule has 24 heavy (non-hydrogen) atoms. The molecular formula is C18H14BrNO4. The second-order valence-electron chi connectivity index (χ2n) is 5.36. The normalized spacial score (nSPS) is 14.4. The quantitative estimate of drug-likeness (QED) is 0.816. The molecule has 0 saturated heterocycles. The van der Waals surface area contributed by atoms with Gasteiger partial charge in [-0.15, -0.1) is 0 Å². The molecule has 1 aliphatic rings. The summed E-state index contributed by atoms with van der Waals surface area (Å²) in [4.78, 5) is 23.4. The van der Waals surface area contributed by atoms with E-state index in [0.29, 0.717) is 17.1 Å². The molecule has 0 fully saturated rings. The molecule has 3 rings (SSSR count). The van der Waals surface area contributed by atoms with Gasteiger partial charge in [0.15, 0.2) is 12.4 Å². The van der Waals surface area contributed by atoms with Crippen molar-refractivity contribution in [3.05, 3.63) is 63.3 Å². The first-order valence-electron chi connectivity index (χ1n) is 7.19. The monoisotopic (exact) mass is 387 g/mol. The average Bonchev–Trinajstić information content (AvgIpc) is 2.82. The highest BCUT2D eigenvalue weighted by molar-refractivity contribution is 9.10. The Morgan fingerprint density at radius 1 is 1.33 bits per heavy atom. The molecule has 2 N–H and O–H groups in total. The first-order valence-corrected chi connectivity index (χ1v) is 7.99. The van der Waals surface area contributed by atoms with Gasteiger partial charge in [0.25, 0.3) is 5.91 Å². The number of halogens is 1. The number of hydrogen-bond donors (Lipinski definition) is 1. The van der Waals surface area contributed by atoms with Crippen molar-refractivity contribution >= 4 is 33.7 Å². The molecule has 0 aromatic heterocycles. The molecule has 0 spiro atoms. The summed E-state index contributed by atoms with van der Waals surface area (Å²) < 4.78 is 11.9. The third-order valence-electron chi connectivity index (χ3n) is 3.47. The van der Waals surface area contributed by atoms with Gasteiger partial charge in [0.1, 0.15) is 11.5 Å². The van der Waals surface area contributed by atoms with E-state index < -0.39 is 5.91 Å². The number of rotatable bonds is 4. The van der Waals surface area contributed by atoms with Crippen LogP contribution >= 0.6 is 15.9 Å². The van der Waals surface area contributed by atoms with Crippen LogP contribution in [0, 0.1) is 6.92 Å². The van der Waals surface area contributed by atoms with E-state index in [0.717, 1.165) is 15.6 Å². The van der Waals surface area contributed by atoms with Crippen molar-refractivity contribution in [1.29, 1.82) is 0 Å². The topological polar surface area (TPSA) is 78.6 Å². The van der Waals surface area contributed by atoms with E-state index in [1.807, 2.05) is 24.3 Å². The molecule has 6 heteroatoms. The summed E-state index contributed by atoms with van der Waals surface area (Å²) in [7, 11) is 0. The van der Waals surface area contributed by atoms with Gasteiger partial charge >= 0.3 is 0 Å². The van der Waals surface area contributed by atoms with Gasteiger partial charge in [-0.1, -0.05) is 28.1 Å². The van der Waals surface area contributed by atoms with Crippen LogP contribution in [-0.4, -0.2) is 18.3 Å². The Morgan fingerprint density at radius 2 is 2.12 bits per heavy atom. The van der Waals surface area contributed by atoms with Gasteiger partial charge < -0.3 is 15.2 Å². The summed E-state index contributed by atoms with van der Waals surface area (Å²) in [5.74, 6) is 0.352. The van der Waals surface area contributed by atoms with Crippen molar-refractivity contribution < 1.29 is 19.1 Å². The summed E-state index contributed by atoms with van der Waals surface area (Å²) in [6.07, 6.45) is 1.69. The van der Waals surface area contributed by atoms with Crippen molar-refractivity contribution in [2.24, 2.45) is 5.73 Å². The summed E-state index contributed by atoms with van der Waals surface area (Å²) in [6, 6.07) is 10.8. The molecule has 0 aliphatic carbocycles. The maximum absolute atomic E-state index is 12.6. The molecular weight excluding hydrogens is 374 g/mol. The first kappa shape index (κ1) is 16.3. The molecule has 0 saturated carbocycles. The highest BCUT2D eigenvalue weighted by Crippen LogP contribution is 2.37. The molecule has 1 heterocycles. The summed E-state index contributed by atoms with van der Waals surface area (Å²) in [5.41, 5.74) is 7.14. The number of fused-ring (bicyclic) bond motifs is 1. The predicted molar refractivity (Wildman–Crippen MR) is 92.9 cm³/mol. The molecule has 0 atom stereocenters. The van der Waals surface area contributed by atoms with Crippen LogP contribution in [0.2, 0.25) is 0 Å². The zero-order valence-corrected chi connectivity index (χ0v) is 14.4. The minimum atomic E-state index is -0.569. The smallest absolute Gasteiger partial charge is 0.255 e. The van der Waals surface area contributed by atoms with Crippen LogP contribution < -0.4 is 15.2 Å². The van der Waals surface area contributed by atoms with Crippen LogP contribution in [0.5, 0.6) is 11.5 Å². The van der Waals surface area contributed by atoms with Crippen molar-refractivity contribution in [2.75, 3.05) is 6.61 Å². The van der Waals surface area contributed by atoms with Crippen LogP contribution in [0.1, 0.15) is 21.5 Å². The largest absolute Gasteiger partial charge is 0.484 e. The third-order valence-corrected chi connectivity index (χ3v) is 3.96. The van der Waals surface area contributed by atoms with Crippen LogP contribution in [0.15, 0.2) is 46.6 Å². The molecule has 0 unspecified atom stereocenters. The number of ether oxygens (including phenoxy) is 2. The number of allylic oxidation sites excluding steroid dienone is 1. The number of benzene rings is 2. The van der Waals surface area contributed by atoms with Gasteiger partial charge in [-0.05, 0) is 42.3 Å². The van der Waals surface area contributed by atoms with Gasteiger partial charge in [0.2, 0.25) is 5.78 Å². The number of ketones is 1. The van der Waals surface area contributed by atoms with E-state index in [9.17, 15) is 9.59 Å². The predicted octanol–water partition coefficient (Wildman–Crippen LogP) is 3.24. The van der Waals surface area contributed by atoms with E-state index in [-0.39, 0.29) is 18.1 Å². The molecule has 0 bridgehead atoms. The molecule has 122 valence electrons. The molecule has 1 aliphatic heterocycles. The van der Waals surface area contributed by atoms with Gasteiger partial charge in [0, 0.05) is 10.5 Å². The summed E-state index contributed by atoms with van der Waals surface area (Å²) >= 11 is 3.40. The lowest BCUT2D eigenvalue weighted by molar-refractivity contribution is -0.119. The molecule has 0 radical (unpaired) electrons. The minimum absolute atomic E-state index is 0.177. The number of nitrogens with two attached hydrogens (primary N) is 1. The minimum Gasteiger partial charge on any atom is -0.484 e. The average molecular weight is 388 g/mol. The van der Waals surface area contributed by atoms with E-state index >= 15 is 0 Å². The second kappa shape index (κ2) is 6.49. The molecule has 5 nitrogen and oxygen atoms in total. The SMILES string of the molecule is Cc1cc(OCC(N)=O)cc2c1C(=O)/C(=C/c1cccc(Br)c1)O2. The zero-order chi connectivity index (χ0) is 17.3. The molecule has 1 amide bonds. The van der Waals surface area contributed by atoms with E-state index in [2.05, 4.69) is 15.9 Å². The number of amides is 1. The lowest BCUT2D eigenvalue weighted by atomic mass is 10.0. The Kier molecular flexibility index (Phi) is 4.40. The zero-order valence-electron chi connectivity index (χ0n) is 12.8. The Labute approximate surface area is 147 Å². The standard InChI is InChI=1S/C18H14BrNO4/c1-10-5-13(23-9-16(20)21)8-14-17(10)18(22)15(24-14)7-11-3-2-4-12(19)6-11/h2-8H,9H2,1H3,(H2,20,21)/b15-7-. The van der Waals surface area contributed by atoms with Gasteiger partial charge in [0.05, 0.1) is 5.56 Å². The lowest BCUT2D eigenvalue weighted by Crippen LogP contribution is -2.20. The molecule has 2 aromatic carbocycles. The van der Waals surface area contributed by atoms with Crippen molar-refractivity contribution in [3.8, 4) is 11.5 Å². The highest BCUT2D eigenvalue weighted by Gasteiger charge is 2.30. The number of carbonyl (C=O) groups excluding carboxylic acids is 2. The van der Waals surface area contributed by atoms with Crippen LogP contribution in [0.25, 0.3) is 6.08 Å². The van der Waals surface area contributed by atoms with E-state index in [4.69, 9.17) is 15.2 Å². The first-order chi connectivity index (χ1) is 11.4. The Morgan fingerprint density at radius 3 is 2.83 bits per heavy atom. The second-order valence-corrected chi connectivity index (χ2v) is 6.28. The van der Waals surface area contributed by atoms with Gasteiger partial charge in [-0.25, -0.2) is 0 Å². The summed E-state index contributed by atoms with van der Waals surface area (Å²) in [6.45, 7) is 1.56. The number of aryl methyl sites for hydroxylation is 1. The maximum atomic E-state index is 12.6. The number of carbonyl (C=O) groups is 2. The summed E-state index contributed by atoms with van der Waals surface area (Å²) in [5, 5.41) is 0. The van der Waals surface area contributed by atoms with Crippen molar-refractivity contribution in [3.63, 3.8) is 0 Å². The fraction of sp³-hybridized carbons (Fsp3) is 0.111. The Hall–Kier alpha value is -2.60. The number of primary amides is 1. The van der Waals surface area contributed by atoms with Crippen LogP contribution in [0.4, 0.5) is 0 Å². The van der Waals surface area contributed by atoms with Crippen molar-refractivity contribution in [2.45, 2.75) is 6.92 Å². The number of Topliss-reactive ketones (excluding diaryl/α,β-unsaturated/α-hetero) is 1. The van der Waals surface area contributed by atoms with E-state index in [1.165, 1.54) is 0 Å². The van der Waals surface area contributed by atoms with Gasteiger partial charge in [-0.3, -0.25) is 9.59 Å².